The molecule has 1 saturated carbocycles. The van der Waals surface area contributed by atoms with Gasteiger partial charge in [0.15, 0.2) is 0 Å². The molecule has 0 bridgehead atoms. The summed E-state index contributed by atoms with van der Waals surface area (Å²) in [6, 6.07) is 7.63. The molecule has 0 saturated heterocycles. The Kier molecular flexibility index (Phi) is 5.12. The molecule has 0 radical (unpaired) electrons. The summed E-state index contributed by atoms with van der Waals surface area (Å²) in [6.45, 7) is 5.49. The molecule has 1 aromatic carbocycles. The third-order valence-electron chi connectivity index (χ3n) is 4.36. The highest BCUT2D eigenvalue weighted by molar-refractivity contribution is 5.33. The van der Waals surface area contributed by atoms with E-state index in [-0.39, 0.29) is 10.6 Å². The molecule has 110 valence electrons. The van der Waals surface area contributed by atoms with Crippen LogP contribution in [-0.2, 0) is 6.42 Å². The number of nitro benzene ring substituents is 1. The Morgan fingerprint density at radius 1 is 1.30 bits per heavy atom. The predicted octanol–water partition coefficient (Wildman–Crippen LogP) is 3.55. The third-order valence-corrected chi connectivity index (χ3v) is 4.36. The van der Waals surface area contributed by atoms with Crippen molar-refractivity contribution in [2.45, 2.75) is 45.6 Å². The first-order valence-corrected chi connectivity index (χ1v) is 7.56. The standard InChI is InChI=1S/C16H24N2O2/c1-3-17-16-9-4-12(2)10-14(16)11-13-5-7-15(8-6-13)18(19)20/h5-8,12,14,16-17H,3-4,9-11H2,1-2H3. The van der Waals surface area contributed by atoms with Gasteiger partial charge >= 0.3 is 0 Å². The maximum absolute atomic E-state index is 10.7. The number of hydrogen-bond donors (Lipinski definition) is 1. The van der Waals surface area contributed by atoms with Crippen LogP contribution in [0.25, 0.3) is 0 Å². The predicted molar refractivity (Wildman–Crippen MR) is 80.8 cm³/mol. The van der Waals surface area contributed by atoms with E-state index in [1.54, 1.807) is 12.1 Å². The molecule has 0 amide bonds. The number of rotatable bonds is 5. The van der Waals surface area contributed by atoms with E-state index in [2.05, 4.69) is 19.2 Å². The number of nitrogens with zero attached hydrogens (tertiary/aromatic N) is 1. The van der Waals surface area contributed by atoms with Crippen molar-refractivity contribution in [3.63, 3.8) is 0 Å². The van der Waals surface area contributed by atoms with E-state index in [1.807, 2.05) is 12.1 Å². The summed E-state index contributed by atoms with van der Waals surface area (Å²) in [5.74, 6) is 1.42. The Morgan fingerprint density at radius 2 is 2.00 bits per heavy atom. The quantitative estimate of drug-likeness (QED) is 0.661. The zero-order chi connectivity index (χ0) is 14.5. The molecule has 3 unspecified atom stereocenters. The second kappa shape index (κ2) is 6.84. The third kappa shape index (κ3) is 3.79. The first-order valence-electron chi connectivity index (χ1n) is 7.56. The fraction of sp³-hybridized carbons (Fsp3) is 0.625. The maximum atomic E-state index is 10.7. The van der Waals surface area contributed by atoms with Crippen LogP contribution in [-0.4, -0.2) is 17.5 Å². The Hall–Kier alpha value is -1.42. The molecule has 3 atom stereocenters. The number of non-ortho nitro benzene ring substituents is 1. The second-order valence-corrected chi connectivity index (χ2v) is 5.97. The lowest BCUT2D eigenvalue weighted by atomic mass is 9.76. The molecule has 4 heteroatoms. The Labute approximate surface area is 120 Å². The van der Waals surface area contributed by atoms with E-state index in [0.717, 1.165) is 18.9 Å². The molecule has 1 fully saturated rings. The summed E-state index contributed by atoms with van der Waals surface area (Å²) < 4.78 is 0. The average Bonchev–Trinajstić information content (AvgIpc) is 2.42. The van der Waals surface area contributed by atoms with Crippen molar-refractivity contribution in [3.05, 3.63) is 39.9 Å². The normalized spacial score (nSPS) is 26.4. The fourth-order valence-corrected chi connectivity index (χ4v) is 3.31. The molecule has 1 aliphatic carbocycles. The van der Waals surface area contributed by atoms with Crippen molar-refractivity contribution < 1.29 is 4.92 Å². The minimum Gasteiger partial charge on any atom is -0.314 e. The van der Waals surface area contributed by atoms with Gasteiger partial charge in [-0.2, -0.15) is 0 Å². The molecule has 0 heterocycles. The van der Waals surface area contributed by atoms with E-state index in [9.17, 15) is 10.1 Å². The molecule has 1 N–H and O–H groups in total. The van der Waals surface area contributed by atoms with Gasteiger partial charge in [0.2, 0.25) is 0 Å². The molecule has 1 aliphatic rings. The summed E-state index contributed by atoms with van der Waals surface area (Å²) >= 11 is 0. The van der Waals surface area contributed by atoms with Gasteiger partial charge in [-0.15, -0.1) is 0 Å². The van der Waals surface area contributed by atoms with Gasteiger partial charge in [0.25, 0.3) is 5.69 Å². The van der Waals surface area contributed by atoms with Crippen LogP contribution in [0.4, 0.5) is 5.69 Å². The summed E-state index contributed by atoms with van der Waals surface area (Å²) in [6.07, 6.45) is 4.80. The van der Waals surface area contributed by atoms with Gasteiger partial charge in [0.05, 0.1) is 4.92 Å². The molecule has 4 nitrogen and oxygen atoms in total. The smallest absolute Gasteiger partial charge is 0.269 e. The molecule has 1 aromatic rings. The average molecular weight is 276 g/mol. The van der Waals surface area contributed by atoms with Crippen molar-refractivity contribution in [1.29, 1.82) is 0 Å². The Morgan fingerprint density at radius 3 is 2.60 bits per heavy atom. The van der Waals surface area contributed by atoms with E-state index < -0.39 is 0 Å². The van der Waals surface area contributed by atoms with E-state index in [0.29, 0.717) is 12.0 Å². The lowest BCUT2D eigenvalue weighted by Crippen LogP contribution is -2.41. The number of nitro groups is 1. The van der Waals surface area contributed by atoms with Gasteiger partial charge in [0, 0.05) is 18.2 Å². The lowest BCUT2D eigenvalue weighted by molar-refractivity contribution is -0.384. The van der Waals surface area contributed by atoms with E-state index in [1.165, 1.54) is 24.8 Å². The van der Waals surface area contributed by atoms with Crippen molar-refractivity contribution in [1.82, 2.24) is 5.32 Å². The van der Waals surface area contributed by atoms with Crippen LogP contribution < -0.4 is 5.32 Å². The van der Waals surface area contributed by atoms with Gasteiger partial charge in [-0.1, -0.05) is 26.0 Å². The van der Waals surface area contributed by atoms with E-state index in [4.69, 9.17) is 0 Å². The molecule has 0 aliphatic heterocycles. The van der Waals surface area contributed by atoms with Crippen LogP contribution in [0.1, 0.15) is 38.7 Å². The fourth-order valence-electron chi connectivity index (χ4n) is 3.31. The van der Waals surface area contributed by atoms with Gasteiger partial charge in [-0.3, -0.25) is 10.1 Å². The molecule has 20 heavy (non-hydrogen) atoms. The Bertz CT molecular complexity index is 444. The highest BCUT2D eigenvalue weighted by atomic mass is 16.6. The van der Waals surface area contributed by atoms with Crippen LogP contribution in [0.3, 0.4) is 0 Å². The lowest BCUT2D eigenvalue weighted by Gasteiger charge is -2.35. The molecule has 0 aromatic heterocycles. The molecule has 2 rings (SSSR count). The van der Waals surface area contributed by atoms with Gasteiger partial charge in [-0.25, -0.2) is 0 Å². The zero-order valence-corrected chi connectivity index (χ0v) is 12.3. The first-order chi connectivity index (χ1) is 9.60. The van der Waals surface area contributed by atoms with Gasteiger partial charge in [-0.05, 0) is 49.6 Å². The maximum Gasteiger partial charge on any atom is 0.269 e. The summed E-state index contributed by atoms with van der Waals surface area (Å²) in [5.41, 5.74) is 1.38. The summed E-state index contributed by atoms with van der Waals surface area (Å²) in [7, 11) is 0. The number of nitrogens with one attached hydrogen (secondary N) is 1. The van der Waals surface area contributed by atoms with Crippen LogP contribution >= 0.6 is 0 Å². The summed E-state index contributed by atoms with van der Waals surface area (Å²) in [5, 5.41) is 14.3. The Balaban J connectivity index is 2.03. The van der Waals surface area contributed by atoms with Crippen molar-refractivity contribution in [2.24, 2.45) is 11.8 Å². The second-order valence-electron chi connectivity index (χ2n) is 5.97. The number of hydrogen-bond acceptors (Lipinski definition) is 3. The zero-order valence-electron chi connectivity index (χ0n) is 12.3. The highest BCUT2D eigenvalue weighted by Crippen LogP contribution is 2.31. The minimum absolute atomic E-state index is 0.175. The topological polar surface area (TPSA) is 55.2 Å². The largest absolute Gasteiger partial charge is 0.314 e. The van der Waals surface area contributed by atoms with Crippen molar-refractivity contribution in [3.8, 4) is 0 Å². The van der Waals surface area contributed by atoms with Gasteiger partial charge in [0.1, 0.15) is 0 Å². The summed E-state index contributed by atoms with van der Waals surface area (Å²) in [4.78, 5) is 10.3. The van der Waals surface area contributed by atoms with E-state index >= 15 is 0 Å². The van der Waals surface area contributed by atoms with Crippen molar-refractivity contribution >= 4 is 5.69 Å². The number of benzene rings is 1. The molecular weight excluding hydrogens is 252 g/mol. The monoisotopic (exact) mass is 276 g/mol. The molecular formula is C16H24N2O2. The SMILES string of the molecule is CCNC1CCC(C)CC1Cc1ccc([N+](=O)[O-])cc1. The highest BCUT2D eigenvalue weighted by Gasteiger charge is 2.28. The van der Waals surface area contributed by atoms with Gasteiger partial charge < -0.3 is 5.32 Å². The first kappa shape index (κ1) is 15.0. The van der Waals surface area contributed by atoms with Crippen LogP contribution in [0.5, 0.6) is 0 Å². The molecule has 0 spiro atoms. The van der Waals surface area contributed by atoms with Crippen molar-refractivity contribution in [2.75, 3.05) is 6.54 Å². The minimum atomic E-state index is -0.339. The van der Waals surface area contributed by atoms with Crippen LogP contribution in [0.2, 0.25) is 0 Å². The van der Waals surface area contributed by atoms with Crippen LogP contribution in [0, 0.1) is 22.0 Å². The van der Waals surface area contributed by atoms with Crippen LogP contribution in [0.15, 0.2) is 24.3 Å².